The zero-order valence-corrected chi connectivity index (χ0v) is 11.8. The topological polar surface area (TPSA) is 49.3 Å². The molecule has 0 bridgehead atoms. The molecule has 0 spiro atoms. The van der Waals surface area contributed by atoms with Crippen LogP contribution < -0.4 is 5.32 Å². The summed E-state index contributed by atoms with van der Waals surface area (Å²) in [5.74, 6) is 0.366. The predicted molar refractivity (Wildman–Crippen MR) is 77.9 cm³/mol. The van der Waals surface area contributed by atoms with Gasteiger partial charge in [-0.3, -0.25) is 4.79 Å². The van der Waals surface area contributed by atoms with E-state index in [0.717, 1.165) is 18.4 Å². The van der Waals surface area contributed by atoms with Crippen molar-refractivity contribution in [2.24, 2.45) is 0 Å². The van der Waals surface area contributed by atoms with Crippen molar-refractivity contribution in [1.29, 1.82) is 0 Å². The smallest absolute Gasteiger partial charge is 0.220 e. The van der Waals surface area contributed by atoms with E-state index < -0.39 is 0 Å². The van der Waals surface area contributed by atoms with Crippen LogP contribution in [0.4, 0.5) is 0 Å². The van der Waals surface area contributed by atoms with Gasteiger partial charge in [-0.2, -0.15) is 0 Å². The van der Waals surface area contributed by atoms with Gasteiger partial charge in [0.25, 0.3) is 0 Å². The molecule has 1 aromatic rings. The highest BCUT2D eigenvalue weighted by Gasteiger charge is 2.01. The third-order valence-corrected chi connectivity index (χ3v) is 3.18. The summed E-state index contributed by atoms with van der Waals surface area (Å²) in [6.07, 6.45) is 7.81. The molecule has 0 aliphatic rings. The summed E-state index contributed by atoms with van der Waals surface area (Å²) in [5.41, 5.74) is 1.01. The van der Waals surface area contributed by atoms with Crippen LogP contribution in [0.5, 0.6) is 5.75 Å². The van der Waals surface area contributed by atoms with Gasteiger partial charge in [0.05, 0.1) is 0 Å². The van der Waals surface area contributed by atoms with Gasteiger partial charge in [-0.05, 0) is 24.1 Å². The summed E-state index contributed by atoms with van der Waals surface area (Å²) < 4.78 is 0. The van der Waals surface area contributed by atoms with Gasteiger partial charge >= 0.3 is 0 Å². The normalized spacial score (nSPS) is 10.4. The van der Waals surface area contributed by atoms with Crippen molar-refractivity contribution in [2.75, 3.05) is 0 Å². The van der Waals surface area contributed by atoms with E-state index in [2.05, 4.69) is 12.2 Å². The minimum atomic E-state index is 0.114. The van der Waals surface area contributed by atoms with E-state index >= 15 is 0 Å². The number of unbranched alkanes of at least 4 members (excludes halogenated alkanes) is 5. The molecule has 2 N–H and O–H groups in total. The molecule has 0 aliphatic heterocycles. The molecule has 0 unspecified atom stereocenters. The zero-order valence-electron chi connectivity index (χ0n) is 11.8. The lowest BCUT2D eigenvalue weighted by Crippen LogP contribution is -2.22. The van der Waals surface area contributed by atoms with Crippen LogP contribution in [-0.4, -0.2) is 11.0 Å². The molecule has 0 radical (unpaired) electrons. The lowest BCUT2D eigenvalue weighted by Gasteiger charge is -2.05. The van der Waals surface area contributed by atoms with Crippen molar-refractivity contribution >= 4 is 5.91 Å². The number of hydrogen-bond donors (Lipinski definition) is 2. The van der Waals surface area contributed by atoms with E-state index in [4.69, 9.17) is 5.11 Å². The number of phenolic OH excluding ortho intramolecular Hbond substituents is 1. The van der Waals surface area contributed by atoms with Crippen LogP contribution >= 0.6 is 0 Å². The summed E-state index contributed by atoms with van der Waals surface area (Å²) in [6.45, 7) is 2.74. The van der Waals surface area contributed by atoms with Crippen molar-refractivity contribution in [3.8, 4) is 5.75 Å². The van der Waals surface area contributed by atoms with Crippen molar-refractivity contribution in [1.82, 2.24) is 5.32 Å². The Labute approximate surface area is 116 Å². The van der Waals surface area contributed by atoms with Crippen molar-refractivity contribution in [2.45, 2.75) is 58.4 Å². The maximum atomic E-state index is 11.6. The fourth-order valence-electron chi connectivity index (χ4n) is 1.97. The van der Waals surface area contributed by atoms with Gasteiger partial charge in [0.15, 0.2) is 0 Å². The van der Waals surface area contributed by atoms with Crippen LogP contribution in [0.25, 0.3) is 0 Å². The molecule has 0 atom stereocenters. The predicted octanol–water partition coefficient (Wildman–Crippen LogP) is 3.76. The van der Waals surface area contributed by atoms with Gasteiger partial charge in [-0.15, -0.1) is 0 Å². The second-order valence-electron chi connectivity index (χ2n) is 4.96. The summed E-state index contributed by atoms with van der Waals surface area (Å²) in [7, 11) is 0. The highest BCUT2D eigenvalue weighted by Crippen LogP contribution is 2.10. The highest BCUT2D eigenvalue weighted by atomic mass is 16.3. The van der Waals surface area contributed by atoms with Gasteiger partial charge in [0.2, 0.25) is 5.91 Å². The first-order valence-corrected chi connectivity index (χ1v) is 7.27. The zero-order chi connectivity index (χ0) is 13.9. The largest absolute Gasteiger partial charge is 0.508 e. The molecule has 1 aromatic carbocycles. The minimum Gasteiger partial charge on any atom is -0.508 e. The Bertz CT molecular complexity index is 360. The van der Waals surface area contributed by atoms with Gasteiger partial charge < -0.3 is 10.4 Å². The van der Waals surface area contributed by atoms with Crippen LogP contribution in [0, 0.1) is 0 Å². The quantitative estimate of drug-likeness (QED) is 0.666. The van der Waals surface area contributed by atoms with Gasteiger partial charge in [-0.1, -0.05) is 51.2 Å². The molecule has 0 heterocycles. The third kappa shape index (κ3) is 7.50. The molecule has 0 saturated carbocycles. The number of nitrogens with one attached hydrogen (secondary N) is 1. The van der Waals surface area contributed by atoms with Crippen molar-refractivity contribution in [3.63, 3.8) is 0 Å². The number of hydrogen-bond acceptors (Lipinski definition) is 2. The van der Waals surface area contributed by atoms with Crippen molar-refractivity contribution < 1.29 is 9.90 Å². The van der Waals surface area contributed by atoms with Gasteiger partial charge in [-0.25, -0.2) is 0 Å². The third-order valence-electron chi connectivity index (χ3n) is 3.18. The second-order valence-corrected chi connectivity index (χ2v) is 4.96. The molecule has 0 aromatic heterocycles. The number of rotatable bonds is 9. The molecular weight excluding hydrogens is 238 g/mol. The Morgan fingerprint density at radius 2 is 1.68 bits per heavy atom. The van der Waals surface area contributed by atoms with Crippen LogP contribution in [0.3, 0.4) is 0 Å². The Balaban J connectivity index is 2.06. The number of benzene rings is 1. The lowest BCUT2D eigenvalue weighted by molar-refractivity contribution is -0.121. The first-order chi connectivity index (χ1) is 9.22. The monoisotopic (exact) mass is 263 g/mol. The Morgan fingerprint density at radius 1 is 1.05 bits per heavy atom. The molecule has 3 nitrogen and oxygen atoms in total. The number of carbonyl (C=O) groups is 1. The Kier molecular flexibility index (Phi) is 7.71. The molecule has 1 rings (SSSR count). The molecule has 1 amide bonds. The highest BCUT2D eigenvalue weighted by molar-refractivity contribution is 5.75. The molecule has 19 heavy (non-hydrogen) atoms. The van der Waals surface area contributed by atoms with Crippen LogP contribution in [-0.2, 0) is 11.3 Å². The van der Waals surface area contributed by atoms with E-state index in [1.54, 1.807) is 12.1 Å². The maximum absolute atomic E-state index is 11.6. The van der Waals surface area contributed by atoms with Gasteiger partial charge in [0, 0.05) is 13.0 Å². The van der Waals surface area contributed by atoms with Crippen LogP contribution in [0.2, 0.25) is 0 Å². The Hall–Kier alpha value is -1.51. The Morgan fingerprint density at radius 3 is 2.37 bits per heavy atom. The fourth-order valence-corrected chi connectivity index (χ4v) is 1.97. The SMILES string of the molecule is CCCCCCCCC(=O)NCc1ccc(O)cc1. The molecule has 0 aliphatic carbocycles. The summed E-state index contributed by atoms with van der Waals surface area (Å²) in [6, 6.07) is 6.91. The molecule has 0 saturated heterocycles. The number of aromatic hydroxyl groups is 1. The second kappa shape index (κ2) is 9.42. The number of phenols is 1. The first-order valence-electron chi connectivity index (χ1n) is 7.27. The number of amides is 1. The first kappa shape index (κ1) is 15.5. The fraction of sp³-hybridized carbons (Fsp3) is 0.562. The molecule has 106 valence electrons. The van der Waals surface area contributed by atoms with E-state index in [1.807, 2.05) is 12.1 Å². The van der Waals surface area contributed by atoms with E-state index in [9.17, 15) is 4.79 Å². The average molecular weight is 263 g/mol. The van der Waals surface area contributed by atoms with E-state index in [0.29, 0.717) is 13.0 Å². The summed E-state index contributed by atoms with van der Waals surface area (Å²) in [4.78, 5) is 11.6. The molecular formula is C16H25NO2. The number of carbonyl (C=O) groups excluding carboxylic acids is 1. The maximum Gasteiger partial charge on any atom is 0.220 e. The summed E-state index contributed by atoms with van der Waals surface area (Å²) >= 11 is 0. The van der Waals surface area contributed by atoms with E-state index in [1.165, 1.54) is 25.7 Å². The van der Waals surface area contributed by atoms with E-state index in [-0.39, 0.29) is 11.7 Å². The molecule has 3 heteroatoms. The lowest BCUT2D eigenvalue weighted by atomic mass is 10.1. The molecule has 0 fully saturated rings. The van der Waals surface area contributed by atoms with Crippen LogP contribution in [0.1, 0.15) is 57.4 Å². The van der Waals surface area contributed by atoms with Crippen molar-refractivity contribution in [3.05, 3.63) is 29.8 Å². The van der Waals surface area contributed by atoms with Gasteiger partial charge in [0.1, 0.15) is 5.75 Å². The average Bonchev–Trinajstić information content (AvgIpc) is 2.42. The minimum absolute atomic E-state index is 0.114. The summed E-state index contributed by atoms with van der Waals surface area (Å²) in [5, 5.41) is 12.1. The van der Waals surface area contributed by atoms with Crippen LogP contribution in [0.15, 0.2) is 24.3 Å². The standard InChI is InChI=1S/C16H25NO2/c1-2-3-4-5-6-7-8-16(19)17-13-14-9-11-15(18)12-10-14/h9-12,18H,2-8,13H2,1H3,(H,17,19).